The SMILES string of the molecule is [B]N[C@H](C)COCCCO. The Morgan fingerprint density at radius 1 is 1.70 bits per heavy atom. The summed E-state index contributed by atoms with van der Waals surface area (Å²) in [6, 6.07) is 0.179. The molecule has 0 unspecified atom stereocenters. The minimum atomic E-state index is 0.179. The van der Waals surface area contributed by atoms with Gasteiger partial charge < -0.3 is 15.1 Å². The summed E-state index contributed by atoms with van der Waals surface area (Å²) in [6.45, 7) is 3.31. The third kappa shape index (κ3) is 6.07. The molecule has 10 heavy (non-hydrogen) atoms. The van der Waals surface area contributed by atoms with Crippen molar-refractivity contribution in [2.45, 2.75) is 19.4 Å². The summed E-state index contributed by atoms with van der Waals surface area (Å²) in [6.07, 6.45) is 0.692. The van der Waals surface area contributed by atoms with Gasteiger partial charge in [-0.25, -0.2) is 0 Å². The molecule has 0 saturated heterocycles. The molecule has 0 bridgehead atoms. The van der Waals surface area contributed by atoms with Crippen LogP contribution in [0.1, 0.15) is 13.3 Å². The number of ether oxygens (including phenoxy) is 1. The molecule has 0 aromatic heterocycles. The van der Waals surface area contributed by atoms with Crippen molar-refractivity contribution >= 4 is 7.98 Å². The predicted molar refractivity (Wildman–Crippen MR) is 40.9 cm³/mol. The second-order valence-electron chi connectivity index (χ2n) is 2.22. The molecule has 58 valence electrons. The van der Waals surface area contributed by atoms with E-state index in [1.54, 1.807) is 0 Å². The molecule has 0 aliphatic rings. The number of aliphatic hydroxyl groups is 1. The van der Waals surface area contributed by atoms with E-state index in [0.717, 1.165) is 0 Å². The average molecular weight is 143 g/mol. The van der Waals surface area contributed by atoms with Gasteiger partial charge in [-0.1, -0.05) is 0 Å². The van der Waals surface area contributed by atoms with Gasteiger partial charge in [-0.05, 0) is 13.3 Å². The van der Waals surface area contributed by atoms with Crippen LogP contribution in [0.3, 0.4) is 0 Å². The molecule has 0 saturated carbocycles. The van der Waals surface area contributed by atoms with Crippen LogP contribution in [0.2, 0.25) is 0 Å². The number of hydrogen-bond acceptors (Lipinski definition) is 3. The lowest BCUT2D eigenvalue weighted by Crippen LogP contribution is -2.28. The van der Waals surface area contributed by atoms with Gasteiger partial charge in [0.2, 0.25) is 0 Å². The zero-order valence-corrected chi connectivity index (χ0v) is 6.34. The Morgan fingerprint density at radius 3 is 2.90 bits per heavy atom. The van der Waals surface area contributed by atoms with Gasteiger partial charge in [0, 0.05) is 19.3 Å². The van der Waals surface area contributed by atoms with Gasteiger partial charge in [0.25, 0.3) is 0 Å². The number of aliphatic hydroxyl groups excluding tert-OH is 1. The summed E-state index contributed by atoms with van der Waals surface area (Å²) in [4.78, 5) is 0. The average Bonchev–Trinajstić information content (AvgIpc) is 1.98. The predicted octanol–water partition coefficient (Wildman–Crippen LogP) is -0.553. The van der Waals surface area contributed by atoms with Gasteiger partial charge in [0.15, 0.2) is 7.98 Å². The van der Waals surface area contributed by atoms with Crippen molar-refractivity contribution < 1.29 is 9.84 Å². The quantitative estimate of drug-likeness (QED) is 0.387. The van der Waals surface area contributed by atoms with Gasteiger partial charge in [-0.3, -0.25) is 0 Å². The summed E-state index contributed by atoms with van der Waals surface area (Å²) in [7, 11) is 5.11. The van der Waals surface area contributed by atoms with Gasteiger partial charge in [-0.2, -0.15) is 0 Å². The van der Waals surface area contributed by atoms with Crippen LogP contribution in [0, 0.1) is 0 Å². The highest BCUT2D eigenvalue weighted by Gasteiger charge is 1.95. The smallest absolute Gasteiger partial charge is 0.178 e. The van der Waals surface area contributed by atoms with Crippen LogP contribution >= 0.6 is 0 Å². The van der Waals surface area contributed by atoms with Crippen LogP contribution in [-0.2, 0) is 4.74 Å². The zero-order valence-electron chi connectivity index (χ0n) is 6.34. The number of hydrogen-bond donors (Lipinski definition) is 2. The van der Waals surface area contributed by atoms with Crippen molar-refractivity contribution in [3.8, 4) is 0 Å². The topological polar surface area (TPSA) is 41.5 Å². The highest BCUT2D eigenvalue weighted by Crippen LogP contribution is 1.84. The number of nitrogens with one attached hydrogen (secondary N) is 1. The number of rotatable bonds is 6. The molecule has 0 aliphatic carbocycles. The molecule has 0 rings (SSSR count). The molecule has 4 heteroatoms. The maximum absolute atomic E-state index is 8.37. The first-order chi connectivity index (χ1) is 4.81. The van der Waals surface area contributed by atoms with E-state index >= 15 is 0 Å². The van der Waals surface area contributed by atoms with E-state index in [2.05, 4.69) is 5.23 Å². The summed E-state index contributed by atoms with van der Waals surface area (Å²) in [5.74, 6) is 0. The minimum Gasteiger partial charge on any atom is -0.396 e. The molecular formula is C6H14BNO2. The third-order valence-electron chi connectivity index (χ3n) is 1.10. The Bertz CT molecular complexity index is 72.8. The van der Waals surface area contributed by atoms with E-state index in [0.29, 0.717) is 19.6 Å². The van der Waals surface area contributed by atoms with Crippen LogP contribution in [-0.4, -0.2) is 39.0 Å². The fourth-order valence-corrected chi connectivity index (χ4v) is 0.475. The minimum absolute atomic E-state index is 0.179. The molecule has 0 spiro atoms. The van der Waals surface area contributed by atoms with Gasteiger partial charge in [0.1, 0.15) is 0 Å². The van der Waals surface area contributed by atoms with Gasteiger partial charge >= 0.3 is 0 Å². The standard InChI is InChI=1S/C6H14BNO2/c1-6(8-7)5-10-4-2-3-9/h6,8-9H,2-5H2,1H3/t6-/m1/s1. The first-order valence-corrected chi connectivity index (χ1v) is 3.46. The monoisotopic (exact) mass is 143 g/mol. The summed E-state index contributed by atoms with van der Waals surface area (Å²) in [5.41, 5.74) is 0. The lowest BCUT2D eigenvalue weighted by Gasteiger charge is -2.09. The molecule has 2 radical (unpaired) electrons. The van der Waals surface area contributed by atoms with Crippen LogP contribution in [0.5, 0.6) is 0 Å². The van der Waals surface area contributed by atoms with Crippen molar-refractivity contribution in [3.63, 3.8) is 0 Å². The molecule has 0 fully saturated rings. The Kier molecular flexibility index (Phi) is 7.02. The Balaban J connectivity index is 2.89. The van der Waals surface area contributed by atoms with Crippen molar-refractivity contribution in [1.29, 1.82) is 0 Å². The molecule has 3 nitrogen and oxygen atoms in total. The maximum Gasteiger partial charge on any atom is 0.178 e. The third-order valence-corrected chi connectivity index (χ3v) is 1.10. The molecule has 0 heterocycles. The van der Waals surface area contributed by atoms with E-state index in [9.17, 15) is 0 Å². The maximum atomic E-state index is 8.37. The van der Waals surface area contributed by atoms with Crippen LogP contribution in [0.15, 0.2) is 0 Å². The largest absolute Gasteiger partial charge is 0.396 e. The van der Waals surface area contributed by atoms with Crippen molar-refractivity contribution in [1.82, 2.24) is 5.23 Å². The second-order valence-corrected chi connectivity index (χ2v) is 2.22. The Labute approximate surface area is 63.2 Å². The van der Waals surface area contributed by atoms with E-state index in [1.807, 2.05) is 6.92 Å². The zero-order chi connectivity index (χ0) is 7.82. The Hall–Kier alpha value is -0.0551. The van der Waals surface area contributed by atoms with E-state index < -0.39 is 0 Å². The summed E-state index contributed by atoms with van der Waals surface area (Å²) < 4.78 is 5.12. The fourth-order valence-electron chi connectivity index (χ4n) is 0.475. The molecule has 0 aliphatic heterocycles. The molecule has 0 amide bonds. The van der Waals surface area contributed by atoms with E-state index in [4.69, 9.17) is 17.8 Å². The summed E-state index contributed by atoms with van der Waals surface area (Å²) >= 11 is 0. The van der Waals surface area contributed by atoms with Gasteiger partial charge in [0.05, 0.1) is 6.61 Å². The first-order valence-electron chi connectivity index (χ1n) is 3.46. The van der Waals surface area contributed by atoms with E-state index in [1.165, 1.54) is 0 Å². The molecule has 1 atom stereocenters. The van der Waals surface area contributed by atoms with Crippen molar-refractivity contribution in [3.05, 3.63) is 0 Å². The highest BCUT2D eigenvalue weighted by atomic mass is 16.5. The normalized spacial score (nSPS) is 13.4. The summed E-state index contributed by atoms with van der Waals surface area (Å²) in [5, 5.41) is 10.9. The fraction of sp³-hybridized carbons (Fsp3) is 1.00. The second kappa shape index (κ2) is 7.06. The lowest BCUT2D eigenvalue weighted by atomic mass is 10.3. The molecule has 0 aromatic rings. The van der Waals surface area contributed by atoms with Crippen LogP contribution in [0.25, 0.3) is 0 Å². The van der Waals surface area contributed by atoms with Crippen molar-refractivity contribution in [2.24, 2.45) is 0 Å². The molecular weight excluding hydrogens is 129 g/mol. The highest BCUT2D eigenvalue weighted by molar-refractivity contribution is 6.04. The first kappa shape index (κ1) is 9.94. The Morgan fingerprint density at radius 2 is 2.40 bits per heavy atom. The molecule has 0 aromatic carbocycles. The molecule has 2 N–H and O–H groups in total. The van der Waals surface area contributed by atoms with Crippen LogP contribution in [0.4, 0.5) is 0 Å². The van der Waals surface area contributed by atoms with Crippen LogP contribution < -0.4 is 5.23 Å². The van der Waals surface area contributed by atoms with E-state index in [-0.39, 0.29) is 12.6 Å². The van der Waals surface area contributed by atoms with Crippen molar-refractivity contribution in [2.75, 3.05) is 19.8 Å². The van der Waals surface area contributed by atoms with Gasteiger partial charge in [-0.15, -0.1) is 0 Å². The lowest BCUT2D eigenvalue weighted by molar-refractivity contribution is 0.105.